The Kier molecular flexibility index (Phi) is 11.1. The van der Waals surface area contributed by atoms with Crippen molar-refractivity contribution in [1.82, 2.24) is 9.80 Å². The molecule has 1 saturated heterocycles. The largest absolute Gasteiger partial charge is 0.449 e. The van der Waals surface area contributed by atoms with Gasteiger partial charge < -0.3 is 34.1 Å². The number of esters is 1. The number of morpholine rings is 1. The Morgan fingerprint density at radius 3 is 2.25 bits per heavy atom. The predicted molar refractivity (Wildman–Crippen MR) is 191 cm³/mol. The van der Waals surface area contributed by atoms with E-state index >= 15 is 0 Å². The molecule has 2 heterocycles. The summed E-state index contributed by atoms with van der Waals surface area (Å²) in [7, 11) is 0. The third kappa shape index (κ3) is 9.69. The second kappa shape index (κ2) is 15.2. The van der Waals surface area contributed by atoms with Crippen molar-refractivity contribution in [2.24, 2.45) is 5.92 Å². The normalized spacial score (nSPS) is 17.7. The van der Waals surface area contributed by atoms with Gasteiger partial charge in [0.05, 0.1) is 19.7 Å². The zero-order chi connectivity index (χ0) is 38.8. The number of anilines is 2. The minimum Gasteiger partial charge on any atom is -0.449 e. The molecule has 2 atom stereocenters. The van der Waals surface area contributed by atoms with Crippen LogP contribution in [0.25, 0.3) is 4.85 Å². The number of fused-ring (bicyclic) bond motifs is 1. The third-order valence-electron chi connectivity index (χ3n) is 8.43. The van der Waals surface area contributed by atoms with Gasteiger partial charge in [0.2, 0.25) is 6.10 Å². The van der Waals surface area contributed by atoms with E-state index in [1.807, 2.05) is 11.0 Å². The molecule has 5 rings (SSSR count). The Morgan fingerprint density at radius 1 is 1.00 bits per heavy atom. The first-order valence-corrected chi connectivity index (χ1v) is 17.4. The van der Waals surface area contributed by atoms with Gasteiger partial charge in [-0.2, -0.15) is 0 Å². The van der Waals surface area contributed by atoms with Crippen LogP contribution in [0.4, 0.5) is 26.7 Å². The van der Waals surface area contributed by atoms with Gasteiger partial charge in [-0.25, -0.2) is 19.3 Å². The Labute approximate surface area is 308 Å². The number of carbonyl (C=O) groups is 6. The monoisotopic (exact) mass is 731 g/mol. The fourth-order valence-corrected chi connectivity index (χ4v) is 5.91. The highest BCUT2D eigenvalue weighted by Gasteiger charge is 2.43. The van der Waals surface area contributed by atoms with Gasteiger partial charge >= 0.3 is 18.2 Å². The van der Waals surface area contributed by atoms with Crippen LogP contribution >= 0.6 is 0 Å². The lowest BCUT2D eigenvalue weighted by Gasteiger charge is -2.35. The van der Waals surface area contributed by atoms with Gasteiger partial charge in [0.25, 0.3) is 17.7 Å². The second-order valence-electron chi connectivity index (χ2n) is 15.3. The van der Waals surface area contributed by atoms with Gasteiger partial charge in [-0.1, -0.05) is 12.1 Å². The summed E-state index contributed by atoms with van der Waals surface area (Å²) in [6.07, 6.45) is -3.04. The predicted octanol–water partition coefficient (Wildman–Crippen LogP) is 5.58. The van der Waals surface area contributed by atoms with Gasteiger partial charge in [-0.3, -0.25) is 19.2 Å². The van der Waals surface area contributed by atoms with Crippen LogP contribution in [-0.4, -0.2) is 88.8 Å². The summed E-state index contributed by atoms with van der Waals surface area (Å²) in [5.41, 5.74) is 0.273. The summed E-state index contributed by atoms with van der Waals surface area (Å²) in [4.78, 5) is 86.8. The molecule has 0 bridgehead atoms. The molecular weight excluding hydrogens is 686 g/mol. The van der Waals surface area contributed by atoms with Crippen molar-refractivity contribution in [1.29, 1.82) is 0 Å². The quantitative estimate of drug-likeness (QED) is 0.196. The van der Waals surface area contributed by atoms with Crippen molar-refractivity contribution < 1.29 is 47.7 Å². The molecule has 2 aromatic carbocycles. The maximum absolute atomic E-state index is 13.9. The average molecular weight is 732 g/mol. The van der Waals surface area contributed by atoms with Crippen LogP contribution < -0.4 is 10.2 Å². The molecule has 0 aromatic heterocycles. The standard InChI is InChI=1S/C38H45N5O10/c1-22(44)51-30(31-34(47)42(15-16-50-31)27-13-11-24-20-41(19-23-9-10-23)33(46)28(24)18-27)32(45)40-26-12-14-29(39-8)25(17-26)21-43(35(48)52-37(2,3)4)36(49)53-38(5,6)7/h11-14,17-18,23,30-31H,9-10,15-16,19-21H2,1-7H3,(H,40,45)/t30-,31-/m1/s1. The molecule has 15 nitrogen and oxygen atoms in total. The third-order valence-corrected chi connectivity index (χ3v) is 8.43. The molecule has 3 aliphatic rings. The number of hydrogen-bond donors (Lipinski definition) is 1. The number of carbonyl (C=O) groups excluding carboxylic acids is 6. The SMILES string of the molecule is [C-]#[N+]c1ccc(NC(=O)[C@H](OC(C)=O)[C@H]2OCCN(c3ccc4c(c3)C(=O)N(CC3CC3)C4)C2=O)cc1CN(C(=O)OC(C)(C)C)C(=O)OC(C)(C)C. The molecule has 2 aromatic rings. The molecule has 1 saturated carbocycles. The van der Waals surface area contributed by atoms with E-state index in [1.54, 1.807) is 53.7 Å². The Hall–Kier alpha value is -5.49. The molecule has 0 unspecified atom stereocenters. The smallest absolute Gasteiger partial charge is 0.420 e. The molecular formula is C38H45N5O10. The number of hydrogen-bond acceptors (Lipinski definition) is 10. The van der Waals surface area contributed by atoms with Gasteiger partial charge in [-0.15, -0.1) is 0 Å². The average Bonchev–Trinajstić information content (AvgIpc) is 3.83. The van der Waals surface area contributed by atoms with E-state index < -0.39 is 59.9 Å². The van der Waals surface area contributed by atoms with Crippen LogP contribution in [0.5, 0.6) is 0 Å². The fraction of sp³-hybridized carbons (Fsp3) is 0.500. The summed E-state index contributed by atoms with van der Waals surface area (Å²) < 4.78 is 22.0. The van der Waals surface area contributed by atoms with Crippen LogP contribution in [0.1, 0.15) is 82.8 Å². The first kappa shape index (κ1) is 38.7. The van der Waals surface area contributed by atoms with Gasteiger partial charge in [0, 0.05) is 43.5 Å². The number of imide groups is 1. The number of nitrogens with one attached hydrogen (secondary N) is 1. The second-order valence-corrected chi connectivity index (χ2v) is 15.3. The van der Waals surface area contributed by atoms with E-state index in [-0.39, 0.29) is 36.0 Å². The topological polar surface area (TPSA) is 165 Å². The van der Waals surface area contributed by atoms with Gasteiger partial charge in [0.15, 0.2) is 11.8 Å². The van der Waals surface area contributed by atoms with Crippen molar-refractivity contribution in [2.75, 3.05) is 29.9 Å². The number of benzene rings is 2. The van der Waals surface area contributed by atoms with Crippen LogP contribution in [0, 0.1) is 12.5 Å². The molecule has 0 spiro atoms. The summed E-state index contributed by atoms with van der Waals surface area (Å²) in [5.74, 6) is -1.95. The highest BCUT2D eigenvalue weighted by Crippen LogP contribution is 2.35. The Bertz CT molecular complexity index is 1820. The van der Waals surface area contributed by atoms with E-state index in [0.29, 0.717) is 35.2 Å². The van der Waals surface area contributed by atoms with E-state index in [9.17, 15) is 28.8 Å². The summed E-state index contributed by atoms with van der Waals surface area (Å²) in [6.45, 7) is 19.5. The molecule has 5 amide bonds. The maximum Gasteiger partial charge on any atom is 0.420 e. The summed E-state index contributed by atoms with van der Waals surface area (Å²) >= 11 is 0. The molecule has 53 heavy (non-hydrogen) atoms. The number of nitrogens with zero attached hydrogens (tertiary/aromatic N) is 4. The molecule has 2 fully saturated rings. The fourth-order valence-electron chi connectivity index (χ4n) is 5.91. The zero-order valence-corrected chi connectivity index (χ0v) is 31.0. The molecule has 15 heteroatoms. The van der Waals surface area contributed by atoms with Crippen molar-refractivity contribution in [3.05, 3.63) is 64.5 Å². The van der Waals surface area contributed by atoms with Crippen molar-refractivity contribution in [3.63, 3.8) is 0 Å². The summed E-state index contributed by atoms with van der Waals surface area (Å²) in [6, 6.07) is 9.40. The molecule has 1 aliphatic carbocycles. The molecule has 2 aliphatic heterocycles. The van der Waals surface area contributed by atoms with Gasteiger partial charge in [-0.05, 0) is 95.7 Å². The highest BCUT2D eigenvalue weighted by atomic mass is 16.6. The minimum atomic E-state index is -1.73. The van der Waals surface area contributed by atoms with Crippen molar-refractivity contribution in [2.45, 2.75) is 97.8 Å². The Balaban J connectivity index is 1.36. The first-order valence-electron chi connectivity index (χ1n) is 17.4. The number of amides is 5. The van der Waals surface area contributed by atoms with Crippen molar-refractivity contribution >= 4 is 52.9 Å². The number of rotatable bonds is 9. The van der Waals surface area contributed by atoms with Crippen molar-refractivity contribution in [3.8, 4) is 0 Å². The van der Waals surface area contributed by atoms with Gasteiger partial charge in [0.1, 0.15) is 11.2 Å². The molecule has 282 valence electrons. The Morgan fingerprint density at radius 2 is 1.66 bits per heavy atom. The van der Waals surface area contributed by atoms with E-state index in [0.717, 1.165) is 25.3 Å². The van der Waals surface area contributed by atoms with E-state index in [1.165, 1.54) is 23.1 Å². The van der Waals surface area contributed by atoms with Crippen LogP contribution in [0.15, 0.2) is 36.4 Å². The van der Waals surface area contributed by atoms with E-state index in [2.05, 4.69) is 10.2 Å². The zero-order valence-electron chi connectivity index (χ0n) is 31.0. The molecule has 0 radical (unpaired) electrons. The summed E-state index contributed by atoms with van der Waals surface area (Å²) in [5, 5.41) is 2.61. The van der Waals surface area contributed by atoms with E-state index in [4.69, 9.17) is 25.5 Å². The first-order chi connectivity index (χ1) is 24.8. The lowest BCUT2D eigenvalue weighted by atomic mass is 10.1. The number of ether oxygens (including phenoxy) is 4. The van der Waals surface area contributed by atoms with Crippen LogP contribution in [-0.2, 0) is 46.4 Å². The minimum absolute atomic E-state index is 0.00923. The lowest BCUT2D eigenvalue weighted by Crippen LogP contribution is -2.56. The van der Waals surface area contributed by atoms with Crippen LogP contribution in [0.2, 0.25) is 0 Å². The highest BCUT2D eigenvalue weighted by molar-refractivity contribution is 6.06. The lowest BCUT2D eigenvalue weighted by molar-refractivity contribution is -0.167. The molecule has 1 N–H and O–H groups in total. The maximum atomic E-state index is 13.9. The van der Waals surface area contributed by atoms with Crippen LogP contribution in [0.3, 0.4) is 0 Å².